The average Bonchev–Trinajstić information content (AvgIpc) is 2.75. The first kappa shape index (κ1) is 21.8. The summed E-state index contributed by atoms with van der Waals surface area (Å²) < 4.78 is 4.87. The number of ketones is 1. The highest BCUT2D eigenvalue weighted by molar-refractivity contribution is 5.99. The van der Waals surface area contributed by atoms with Gasteiger partial charge in [-0.1, -0.05) is 36.8 Å². The van der Waals surface area contributed by atoms with E-state index in [0.29, 0.717) is 18.6 Å². The van der Waals surface area contributed by atoms with Crippen LogP contribution in [0.1, 0.15) is 63.5 Å². The maximum absolute atomic E-state index is 13.1. The SMILES string of the molecule is CCN(CC)c1ccc(C(C)C2=C(C)CC(c3ccc(OC=O)cc3)CC2=O)cc1. The molecule has 1 aliphatic rings. The van der Waals surface area contributed by atoms with E-state index in [1.54, 1.807) is 12.1 Å². The van der Waals surface area contributed by atoms with Gasteiger partial charge in [0.2, 0.25) is 0 Å². The zero-order valence-corrected chi connectivity index (χ0v) is 18.4. The molecule has 2 aromatic carbocycles. The molecule has 4 heteroatoms. The fourth-order valence-corrected chi connectivity index (χ4v) is 4.57. The molecule has 0 aliphatic heterocycles. The van der Waals surface area contributed by atoms with Crippen LogP contribution in [0.3, 0.4) is 0 Å². The van der Waals surface area contributed by atoms with Crippen LogP contribution in [-0.2, 0) is 9.59 Å². The highest BCUT2D eigenvalue weighted by Gasteiger charge is 2.30. The predicted molar refractivity (Wildman–Crippen MR) is 121 cm³/mol. The summed E-state index contributed by atoms with van der Waals surface area (Å²) in [6.45, 7) is 10.9. The lowest BCUT2D eigenvalue weighted by Crippen LogP contribution is -2.22. The van der Waals surface area contributed by atoms with Gasteiger partial charge in [0, 0.05) is 36.7 Å². The lowest BCUT2D eigenvalue weighted by Gasteiger charge is -2.29. The molecule has 30 heavy (non-hydrogen) atoms. The van der Waals surface area contributed by atoms with Crippen molar-refractivity contribution in [3.63, 3.8) is 0 Å². The van der Waals surface area contributed by atoms with Crippen molar-refractivity contribution in [3.05, 3.63) is 70.8 Å². The molecule has 1 aliphatic carbocycles. The summed E-state index contributed by atoms with van der Waals surface area (Å²) in [5, 5.41) is 0. The number of hydrogen-bond donors (Lipinski definition) is 0. The maximum atomic E-state index is 13.1. The Bertz CT molecular complexity index is 908. The molecule has 0 N–H and O–H groups in total. The van der Waals surface area contributed by atoms with Gasteiger partial charge in [0.25, 0.3) is 6.47 Å². The van der Waals surface area contributed by atoms with E-state index in [2.05, 4.69) is 56.9 Å². The third kappa shape index (κ3) is 4.64. The number of benzene rings is 2. The summed E-state index contributed by atoms with van der Waals surface area (Å²) >= 11 is 0. The van der Waals surface area contributed by atoms with Crippen molar-refractivity contribution in [1.82, 2.24) is 0 Å². The van der Waals surface area contributed by atoms with Gasteiger partial charge < -0.3 is 9.64 Å². The van der Waals surface area contributed by atoms with Crippen LogP contribution in [0.15, 0.2) is 59.7 Å². The largest absolute Gasteiger partial charge is 0.429 e. The van der Waals surface area contributed by atoms with Crippen molar-refractivity contribution in [2.75, 3.05) is 18.0 Å². The number of carbonyl (C=O) groups excluding carboxylic acids is 2. The first-order valence-corrected chi connectivity index (χ1v) is 10.8. The van der Waals surface area contributed by atoms with E-state index in [1.807, 2.05) is 12.1 Å². The molecule has 0 spiro atoms. The topological polar surface area (TPSA) is 46.6 Å². The molecule has 0 saturated heterocycles. The second kappa shape index (κ2) is 9.75. The molecule has 2 aromatic rings. The lowest BCUT2D eigenvalue weighted by atomic mass is 9.75. The third-order valence-electron chi connectivity index (χ3n) is 6.23. The Kier molecular flexibility index (Phi) is 7.09. The van der Waals surface area contributed by atoms with Gasteiger partial charge in [-0.3, -0.25) is 9.59 Å². The van der Waals surface area contributed by atoms with Crippen LogP contribution in [0.2, 0.25) is 0 Å². The number of hydrogen-bond acceptors (Lipinski definition) is 4. The van der Waals surface area contributed by atoms with Crippen LogP contribution >= 0.6 is 0 Å². The molecular weight excluding hydrogens is 374 g/mol. The highest BCUT2D eigenvalue weighted by atomic mass is 16.5. The number of allylic oxidation sites excluding steroid dienone is 2. The second-order valence-electron chi connectivity index (χ2n) is 7.99. The molecule has 0 radical (unpaired) electrons. The van der Waals surface area contributed by atoms with Gasteiger partial charge in [-0.25, -0.2) is 0 Å². The maximum Gasteiger partial charge on any atom is 0.298 e. The van der Waals surface area contributed by atoms with Crippen LogP contribution in [0.25, 0.3) is 0 Å². The van der Waals surface area contributed by atoms with E-state index >= 15 is 0 Å². The molecule has 0 aromatic heterocycles. The summed E-state index contributed by atoms with van der Waals surface area (Å²) in [5.74, 6) is 1.01. The fraction of sp³-hybridized carbons (Fsp3) is 0.385. The van der Waals surface area contributed by atoms with Crippen molar-refractivity contribution in [2.24, 2.45) is 0 Å². The zero-order chi connectivity index (χ0) is 21.7. The molecule has 3 rings (SSSR count). The molecule has 158 valence electrons. The molecule has 0 bridgehead atoms. The van der Waals surface area contributed by atoms with Gasteiger partial charge in [-0.05, 0) is 68.5 Å². The smallest absolute Gasteiger partial charge is 0.298 e. The summed E-state index contributed by atoms with van der Waals surface area (Å²) in [4.78, 5) is 25.9. The Morgan fingerprint density at radius 1 is 1.03 bits per heavy atom. The highest BCUT2D eigenvalue weighted by Crippen LogP contribution is 2.40. The van der Waals surface area contributed by atoms with Gasteiger partial charge >= 0.3 is 0 Å². The molecule has 0 heterocycles. The third-order valence-corrected chi connectivity index (χ3v) is 6.23. The Hall–Kier alpha value is -2.88. The van der Waals surface area contributed by atoms with Crippen molar-refractivity contribution in [1.29, 1.82) is 0 Å². The minimum atomic E-state index is 0.0903. The molecule has 2 unspecified atom stereocenters. The number of rotatable bonds is 8. The lowest BCUT2D eigenvalue weighted by molar-refractivity contribution is -0.120. The minimum Gasteiger partial charge on any atom is -0.429 e. The van der Waals surface area contributed by atoms with E-state index in [9.17, 15) is 9.59 Å². The number of Topliss-reactive ketones (excluding diaryl/α,β-unsaturated/α-hetero) is 1. The Balaban J connectivity index is 1.78. The van der Waals surface area contributed by atoms with E-state index in [0.717, 1.165) is 30.6 Å². The second-order valence-corrected chi connectivity index (χ2v) is 7.99. The van der Waals surface area contributed by atoms with Crippen molar-refractivity contribution in [3.8, 4) is 5.75 Å². The number of carbonyl (C=O) groups is 2. The molecule has 0 saturated carbocycles. The number of ether oxygens (including phenoxy) is 1. The van der Waals surface area contributed by atoms with E-state index < -0.39 is 0 Å². The van der Waals surface area contributed by atoms with Gasteiger partial charge in [-0.2, -0.15) is 0 Å². The van der Waals surface area contributed by atoms with Gasteiger partial charge in [0.1, 0.15) is 5.75 Å². The molecular formula is C26H31NO3. The van der Waals surface area contributed by atoms with Gasteiger partial charge in [0.15, 0.2) is 5.78 Å². The quantitative estimate of drug-likeness (QED) is 0.534. The summed E-state index contributed by atoms with van der Waals surface area (Å²) in [6, 6.07) is 16.1. The van der Waals surface area contributed by atoms with Crippen LogP contribution in [-0.4, -0.2) is 25.3 Å². The van der Waals surface area contributed by atoms with Crippen LogP contribution in [0, 0.1) is 0 Å². The zero-order valence-electron chi connectivity index (χ0n) is 18.4. The summed E-state index contributed by atoms with van der Waals surface area (Å²) in [7, 11) is 0. The standard InChI is InChI=1S/C26H31NO3/c1-5-27(6-2)23-11-7-20(8-12-23)19(4)26-18(3)15-22(16-25(26)29)21-9-13-24(14-10-21)30-17-28/h7-14,17,19,22H,5-6,15-16H2,1-4H3. The minimum absolute atomic E-state index is 0.0903. The molecule has 0 fully saturated rings. The van der Waals surface area contributed by atoms with Gasteiger partial charge in [0.05, 0.1) is 0 Å². The summed E-state index contributed by atoms with van der Waals surface area (Å²) in [5.41, 5.74) is 5.64. The van der Waals surface area contributed by atoms with Crippen LogP contribution in [0.4, 0.5) is 5.69 Å². The Labute approximate surface area is 179 Å². The monoisotopic (exact) mass is 405 g/mol. The first-order valence-electron chi connectivity index (χ1n) is 10.8. The summed E-state index contributed by atoms with van der Waals surface area (Å²) in [6.07, 6.45) is 1.39. The molecule has 2 atom stereocenters. The molecule has 4 nitrogen and oxygen atoms in total. The normalized spacial score (nSPS) is 17.6. The Morgan fingerprint density at radius 3 is 2.20 bits per heavy atom. The van der Waals surface area contributed by atoms with E-state index in [1.165, 1.54) is 16.8 Å². The van der Waals surface area contributed by atoms with Crippen molar-refractivity contribution >= 4 is 17.9 Å². The average molecular weight is 406 g/mol. The van der Waals surface area contributed by atoms with E-state index in [-0.39, 0.29) is 17.6 Å². The molecule has 0 amide bonds. The van der Waals surface area contributed by atoms with Crippen molar-refractivity contribution in [2.45, 2.75) is 52.4 Å². The Morgan fingerprint density at radius 2 is 1.67 bits per heavy atom. The van der Waals surface area contributed by atoms with Crippen LogP contribution < -0.4 is 9.64 Å². The number of anilines is 1. The fourth-order valence-electron chi connectivity index (χ4n) is 4.57. The predicted octanol–water partition coefficient (Wildman–Crippen LogP) is 5.63. The number of nitrogens with zero attached hydrogens (tertiary/aromatic N) is 1. The van der Waals surface area contributed by atoms with E-state index in [4.69, 9.17) is 4.74 Å². The van der Waals surface area contributed by atoms with Gasteiger partial charge in [-0.15, -0.1) is 0 Å². The van der Waals surface area contributed by atoms with Crippen LogP contribution in [0.5, 0.6) is 5.75 Å². The first-order chi connectivity index (χ1) is 14.5. The van der Waals surface area contributed by atoms with Crippen molar-refractivity contribution < 1.29 is 14.3 Å².